The van der Waals surface area contributed by atoms with Crippen LogP contribution in [0.4, 0.5) is 5.13 Å². The molecule has 26 heavy (non-hydrogen) atoms. The molecule has 1 amide bonds. The maximum Gasteiger partial charge on any atom is 0.270 e. The zero-order chi connectivity index (χ0) is 18.1. The number of rotatable bonds is 4. The molecule has 0 radical (unpaired) electrons. The summed E-state index contributed by atoms with van der Waals surface area (Å²) in [5.41, 5.74) is 4.32. The second-order valence-corrected chi connectivity index (χ2v) is 8.04. The predicted molar refractivity (Wildman–Crippen MR) is 108 cm³/mol. The highest BCUT2D eigenvalue weighted by molar-refractivity contribution is 7.22. The molecule has 6 heteroatoms. The van der Waals surface area contributed by atoms with Crippen molar-refractivity contribution in [3.8, 4) is 0 Å². The maximum absolute atomic E-state index is 13.1. The van der Waals surface area contributed by atoms with Crippen LogP contribution in [-0.2, 0) is 6.54 Å². The first kappa shape index (κ1) is 16.9. The standard InChI is InChI=1S/C20H17N3OS2/c1-13-7-8-16-18(14(13)2)22-20(26-16)23(12-15-5-3-9-21-11-15)19(24)17-6-4-10-25-17/h3-11H,12H2,1-2H3. The smallest absolute Gasteiger partial charge is 0.270 e. The van der Waals surface area contributed by atoms with E-state index in [0.29, 0.717) is 11.4 Å². The minimum absolute atomic E-state index is 0.0303. The largest absolute Gasteiger partial charge is 0.279 e. The van der Waals surface area contributed by atoms with E-state index in [4.69, 9.17) is 4.98 Å². The van der Waals surface area contributed by atoms with Crippen LogP contribution < -0.4 is 4.90 Å². The minimum atomic E-state index is -0.0303. The van der Waals surface area contributed by atoms with Crippen molar-refractivity contribution >= 4 is 43.9 Å². The van der Waals surface area contributed by atoms with E-state index in [0.717, 1.165) is 26.5 Å². The zero-order valence-corrected chi connectivity index (χ0v) is 16.1. The zero-order valence-electron chi connectivity index (χ0n) is 14.5. The van der Waals surface area contributed by atoms with Crippen molar-refractivity contribution in [3.05, 3.63) is 75.7 Å². The number of hydrogen-bond donors (Lipinski definition) is 0. The normalized spacial score (nSPS) is 11.0. The van der Waals surface area contributed by atoms with Gasteiger partial charge < -0.3 is 0 Å². The first-order valence-corrected chi connectivity index (χ1v) is 9.94. The van der Waals surface area contributed by atoms with Crippen LogP contribution in [0.3, 0.4) is 0 Å². The van der Waals surface area contributed by atoms with Gasteiger partial charge in [-0.1, -0.05) is 29.5 Å². The number of aryl methyl sites for hydroxylation is 2. The lowest BCUT2D eigenvalue weighted by Crippen LogP contribution is -2.29. The summed E-state index contributed by atoms with van der Waals surface area (Å²) in [5, 5.41) is 2.64. The molecule has 0 aliphatic carbocycles. The maximum atomic E-state index is 13.1. The summed E-state index contributed by atoms with van der Waals surface area (Å²) < 4.78 is 1.10. The predicted octanol–water partition coefficient (Wildman–Crippen LogP) is 5.22. The van der Waals surface area contributed by atoms with Crippen LogP contribution in [0.2, 0.25) is 0 Å². The van der Waals surface area contributed by atoms with Gasteiger partial charge in [0.25, 0.3) is 5.91 Å². The van der Waals surface area contributed by atoms with E-state index in [9.17, 15) is 4.79 Å². The van der Waals surface area contributed by atoms with Crippen molar-refractivity contribution in [1.29, 1.82) is 0 Å². The van der Waals surface area contributed by atoms with Crippen LogP contribution in [0.1, 0.15) is 26.4 Å². The quantitative estimate of drug-likeness (QED) is 0.488. The fourth-order valence-electron chi connectivity index (χ4n) is 2.76. The first-order valence-electron chi connectivity index (χ1n) is 8.24. The summed E-state index contributed by atoms with van der Waals surface area (Å²) in [6, 6.07) is 11.8. The number of aromatic nitrogens is 2. The Labute approximate surface area is 159 Å². The van der Waals surface area contributed by atoms with Crippen molar-refractivity contribution < 1.29 is 4.79 Å². The molecule has 0 bridgehead atoms. The Morgan fingerprint density at radius 3 is 2.77 bits per heavy atom. The third-order valence-electron chi connectivity index (χ3n) is 4.35. The number of hydrogen-bond acceptors (Lipinski definition) is 5. The van der Waals surface area contributed by atoms with Crippen molar-refractivity contribution in [2.24, 2.45) is 0 Å². The molecule has 0 saturated carbocycles. The molecular weight excluding hydrogens is 362 g/mol. The lowest BCUT2D eigenvalue weighted by atomic mass is 10.1. The van der Waals surface area contributed by atoms with E-state index in [1.54, 1.807) is 28.6 Å². The van der Waals surface area contributed by atoms with E-state index in [1.165, 1.54) is 16.9 Å². The number of thiophene rings is 1. The molecule has 3 aromatic heterocycles. The van der Waals surface area contributed by atoms with E-state index < -0.39 is 0 Å². The number of pyridine rings is 1. The topological polar surface area (TPSA) is 46.1 Å². The van der Waals surface area contributed by atoms with Crippen LogP contribution in [0.25, 0.3) is 10.2 Å². The monoisotopic (exact) mass is 379 g/mol. The van der Waals surface area contributed by atoms with E-state index in [-0.39, 0.29) is 5.91 Å². The summed E-state index contributed by atoms with van der Waals surface area (Å²) in [5.74, 6) is -0.0303. The number of benzene rings is 1. The van der Waals surface area contributed by atoms with Gasteiger partial charge in [-0.25, -0.2) is 4.98 Å². The van der Waals surface area contributed by atoms with Gasteiger partial charge in [0.15, 0.2) is 5.13 Å². The van der Waals surface area contributed by atoms with Crippen LogP contribution in [0.5, 0.6) is 0 Å². The van der Waals surface area contributed by atoms with Crippen LogP contribution >= 0.6 is 22.7 Å². The molecule has 1 aromatic carbocycles. The van der Waals surface area contributed by atoms with Gasteiger partial charge >= 0.3 is 0 Å². The molecule has 4 rings (SSSR count). The highest BCUT2D eigenvalue weighted by Gasteiger charge is 2.23. The molecule has 130 valence electrons. The van der Waals surface area contributed by atoms with Gasteiger partial charge in [-0.3, -0.25) is 14.7 Å². The van der Waals surface area contributed by atoms with Gasteiger partial charge in [-0.05, 0) is 54.1 Å². The Morgan fingerprint density at radius 2 is 2.04 bits per heavy atom. The van der Waals surface area contributed by atoms with E-state index >= 15 is 0 Å². The number of carbonyl (C=O) groups excluding carboxylic acids is 1. The van der Waals surface area contributed by atoms with Crippen molar-refractivity contribution in [2.75, 3.05) is 4.90 Å². The fraction of sp³-hybridized carbons (Fsp3) is 0.150. The van der Waals surface area contributed by atoms with Crippen molar-refractivity contribution in [2.45, 2.75) is 20.4 Å². The lowest BCUT2D eigenvalue weighted by Gasteiger charge is -2.19. The summed E-state index contributed by atoms with van der Waals surface area (Å²) in [6.45, 7) is 4.61. The molecule has 0 unspecified atom stereocenters. The highest BCUT2D eigenvalue weighted by Crippen LogP contribution is 2.33. The summed E-state index contributed by atoms with van der Waals surface area (Å²) in [7, 11) is 0. The van der Waals surface area contributed by atoms with E-state index in [1.807, 2.05) is 29.6 Å². The molecule has 4 aromatic rings. The van der Waals surface area contributed by atoms with E-state index in [2.05, 4.69) is 31.0 Å². The third-order valence-corrected chi connectivity index (χ3v) is 6.25. The van der Waals surface area contributed by atoms with Crippen molar-refractivity contribution in [1.82, 2.24) is 9.97 Å². The molecule has 0 N–H and O–H groups in total. The average molecular weight is 380 g/mol. The van der Waals surface area contributed by atoms with Gasteiger partial charge in [-0.15, -0.1) is 11.3 Å². The molecule has 3 heterocycles. The number of nitrogens with zero attached hydrogens (tertiary/aromatic N) is 3. The second-order valence-electron chi connectivity index (χ2n) is 6.08. The number of carbonyl (C=O) groups is 1. The Bertz CT molecular complexity index is 1060. The summed E-state index contributed by atoms with van der Waals surface area (Å²) >= 11 is 3.00. The summed E-state index contributed by atoms with van der Waals surface area (Å²) in [4.78, 5) is 24.6. The SMILES string of the molecule is Cc1ccc2sc(N(Cc3cccnc3)C(=O)c3cccs3)nc2c1C. The van der Waals surface area contributed by atoms with Gasteiger partial charge in [0.2, 0.25) is 0 Å². The third kappa shape index (κ3) is 3.13. The number of fused-ring (bicyclic) bond motifs is 1. The molecule has 0 fully saturated rings. The molecule has 0 aliphatic rings. The molecule has 0 saturated heterocycles. The van der Waals surface area contributed by atoms with Crippen LogP contribution in [0.15, 0.2) is 54.2 Å². The number of amides is 1. The van der Waals surface area contributed by atoms with Gasteiger partial charge in [0, 0.05) is 12.4 Å². The molecule has 0 spiro atoms. The summed E-state index contributed by atoms with van der Waals surface area (Å²) in [6.07, 6.45) is 3.52. The van der Waals surface area contributed by atoms with Crippen molar-refractivity contribution in [3.63, 3.8) is 0 Å². The Morgan fingerprint density at radius 1 is 1.15 bits per heavy atom. The Hall–Kier alpha value is -2.57. The van der Waals surface area contributed by atoms with Crippen LogP contribution in [-0.4, -0.2) is 15.9 Å². The fourth-order valence-corrected chi connectivity index (χ4v) is 4.46. The first-order chi connectivity index (χ1) is 12.6. The average Bonchev–Trinajstić information content (AvgIpc) is 3.33. The molecule has 0 aliphatic heterocycles. The number of anilines is 1. The van der Waals surface area contributed by atoms with Gasteiger partial charge in [0.05, 0.1) is 21.6 Å². The minimum Gasteiger partial charge on any atom is -0.279 e. The molecule has 0 atom stereocenters. The lowest BCUT2D eigenvalue weighted by molar-refractivity contribution is 0.0989. The second kappa shape index (κ2) is 6.97. The Balaban J connectivity index is 1.79. The molecule has 4 nitrogen and oxygen atoms in total. The van der Waals surface area contributed by atoms with Gasteiger partial charge in [-0.2, -0.15) is 0 Å². The van der Waals surface area contributed by atoms with Gasteiger partial charge in [0.1, 0.15) is 0 Å². The highest BCUT2D eigenvalue weighted by atomic mass is 32.1. The number of thiazole rings is 1. The Kier molecular flexibility index (Phi) is 4.53. The molecular formula is C20H17N3OS2. The van der Waals surface area contributed by atoms with Crippen LogP contribution in [0, 0.1) is 13.8 Å².